The van der Waals surface area contributed by atoms with E-state index in [4.69, 9.17) is 14.2 Å². The number of morpholine rings is 2. The normalized spacial score (nSPS) is 19.1. The van der Waals surface area contributed by atoms with Crippen molar-refractivity contribution in [3.63, 3.8) is 0 Å². The van der Waals surface area contributed by atoms with Crippen molar-refractivity contribution in [1.29, 1.82) is 0 Å². The van der Waals surface area contributed by atoms with E-state index in [2.05, 4.69) is 4.90 Å². The smallest absolute Gasteiger partial charge is 0.170 e. The van der Waals surface area contributed by atoms with E-state index in [1.165, 1.54) is 6.07 Å². The second-order valence-electron chi connectivity index (χ2n) is 9.22. The Hall–Kier alpha value is -2.72. The third-order valence-electron chi connectivity index (χ3n) is 6.80. The summed E-state index contributed by atoms with van der Waals surface area (Å²) < 4.78 is 46.7. The Bertz CT molecular complexity index is 1090. The number of benzene rings is 2. The van der Waals surface area contributed by atoms with Crippen molar-refractivity contribution in [2.75, 3.05) is 65.7 Å². The molecule has 0 amide bonds. The van der Waals surface area contributed by atoms with E-state index in [9.17, 15) is 14.0 Å². The molecule has 0 aromatic heterocycles. The first-order valence-electron chi connectivity index (χ1n) is 12.9. The molecule has 0 saturated carbocycles. The van der Waals surface area contributed by atoms with Crippen molar-refractivity contribution in [1.82, 2.24) is 9.80 Å². The Morgan fingerprint density at radius 1 is 0.946 bits per heavy atom. The molecule has 0 N–H and O–H groups in total. The third kappa shape index (κ3) is 6.98. The Labute approximate surface area is 216 Å². The molecule has 9 heteroatoms. The quantitative estimate of drug-likeness (QED) is 0.420. The van der Waals surface area contributed by atoms with Crippen LogP contribution in [-0.4, -0.2) is 87.1 Å². The summed E-state index contributed by atoms with van der Waals surface area (Å²) in [6.45, 7) is 7.07. The fourth-order valence-corrected chi connectivity index (χ4v) is 4.75. The van der Waals surface area contributed by atoms with Crippen molar-refractivity contribution >= 4 is 11.6 Å². The molecule has 2 fully saturated rings. The number of halogens is 2. The van der Waals surface area contributed by atoms with Crippen LogP contribution in [-0.2, 0) is 9.47 Å². The third-order valence-corrected chi connectivity index (χ3v) is 6.80. The second kappa shape index (κ2) is 13.2. The van der Waals surface area contributed by atoms with Crippen molar-refractivity contribution in [2.45, 2.75) is 25.9 Å². The molecule has 37 heavy (non-hydrogen) atoms. The number of Topliss-reactive ketones (excluding diaryl/α,β-unsaturated/α-hetero) is 2. The lowest BCUT2D eigenvalue weighted by molar-refractivity contribution is -0.0314. The molecule has 2 aliphatic rings. The van der Waals surface area contributed by atoms with Crippen LogP contribution in [0.1, 0.15) is 52.1 Å². The Morgan fingerprint density at radius 2 is 1.65 bits per heavy atom. The van der Waals surface area contributed by atoms with Crippen LogP contribution in [0.15, 0.2) is 36.4 Å². The topological polar surface area (TPSA) is 68.3 Å². The standard InChI is InChI=1S/C28H34F2N2O5/c1-2-36-25-6-4-3-5-20(25)23(33)9-12-32-15-18-37-26(19-32)21-7-8-22(29)27(28(21)30)24(34)10-11-31-13-16-35-17-14-31/h3-8,26H,2,9-19H2,1H3. The molecule has 4 rings (SSSR count). The Kier molecular flexibility index (Phi) is 9.74. The van der Waals surface area contributed by atoms with Crippen LogP contribution < -0.4 is 4.74 Å². The number of carbonyl (C=O) groups excluding carboxylic acids is 2. The summed E-state index contributed by atoms with van der Waals surface area (Å²) in [5.74, 6) is -1.75. The van der Waals surface area contributed by atoms with Gasteiger partial charge in [0.2, 0.25) is 0 Å². The summed E-state index contributed by atoms with van der Waals surface area (Å²) in [6, 6.07) is 9.64. The van der Waals surface area contributed by atoms with Crippen LogP contribution >= 0.6 is 0 Å². The molecule has 0 aliphatic carbocycles. The molecule has 0 bridgehead atoms. The highest BCUT2D eigenvalue weighted by Crippen LogP contribution is 2.29. The first-order valence-corrected chi connectivity index (χ1v) is 12.9. The van der Waals surface area contributed by atoms with Gasteiger partial charge in [0.25, 0.3) is 0 Å². The molecule has 2 aromatic carbocycles. The number of ketones is 2. The largest absolute Gasteiger partial charge is 0.493 e. The summed E-state index contributed by atoms with van der Waals surface area (Å²) in [5.41, 5.74) is 0.196. The van der Waals surface area contributed by atoms with E-state index in [-0.39, 0.29) is 24.2 Å². The van der Waals surface area contributed by atoms with Crippen LogP contribution in [0.4, 0.5) is 8.78 Å². The first-order chi connectivity index (χ1) is 18.0. The van der Waals surface area contributed by atoms with Crippen molar-refractivity contribution in [3.05, 3.63) is 64.7 Å². The average molecular weight is 517 g/mol. The number of nitrogens with zero attached hydrogens (tertiary/aromatic N) is 2. The van der Waals surface area contributed by atoms with Gasteiger partial charge in [-0.25, -0.2) is 8.78 Å². The number of hydrogen-bond acceptors (Lipinski definition) is 7. The molecule has 2 aromatic rings. The lowest BCUT2D eigenvalue weighted by atomic mass is 9.99. The number of rotatable bonds is 11. The van der Waals surface area contributed by atoms with Crippen molar-refractivity contribution in [3.8, 4) is 5.75 Å². The molecule has 2 heterocycles. The molecule has 2 aliphatic heterocycles. The first kappa shape index (κ1) is 27.3. The van der Waals surface area contributed by atoms with Gasteiger partial charge in [-0.3, -0.25) is 19.4 Å². The fraction of sp³-hybridized carbons (Fsp3) is 0.500. The second-order valence-corrected chi connectivity index (χ2v) is 9.22. The van der Waals surface area contributed by atoms with E-state index in [1.807, 2.05) is 17.9 Å². The maximum atomic E-state index is 15.5. The maximum Gasteiger partial charge on any atom is 0.170 e. The lowest BCUT2D eigenvalue weighted by Crippen LogP contribution is -2.40. The minimum absolute atomic E-state index is 0.0280. The average Bonchev–Trinajstić information content (AvgIpc) is 2.92. The highest BCUT2D eigenvalue weighted by Gasteiger charge is 2.29. The monoisotopic (exact) mass is 516 g/mol. The predicted molar refractivity (Wildman–Crippen MR) is 134 cm³/mol. The molecule has 200 valence electrons. The van der Waals surface area contributed by atoms with Gasteiger partial charge in [0, 0.05) is 57.7 Å². The van der Waals surface area contributed by atoms with Crippen LogP contribution in [0, 0.1) is 11.6 Å². The summed E-state index contributed by atoms with van der Waals surface area (Å²) >= 11 is 0. The Morgan fingerprint density at radius 3 is 2.43 bits per heavy atom. The summed E-state index contributed by atoms with van der Waals surface area (Å²) in [5, 5.41) is 0. The van der Waals surface area contributed by atoms with E-state index in [0.717, 1.165) is 6.07 Å². The van der Waals surface area contributed by atoms with E-state index in [0.29, 0.717) is 77.0 Å². The van der Waals surface area contributed by atoms with Crippen molar-refractivity contribution < 1.29 is 32.6 Å². The zero-order valence-electron chi connectivity index (χ0n) is 21.2. The zero-order valence-corrected chi connectivity index (χ0v) is 21.2. The lowest BCUT2D eigenvalue weighted by Gasteiger charge is -2.33. The number of carbonyl (C=O) groups is 2. The van der Waals surface area contributed by atoms with Crippen LogP contribution in [0.5, 0.6) is 5.75 Å². The van der Waals surface area contributed by atoms with Crippen LogP contribution in [0.2, 0.25) is 0 Å². The van der Waals surface area contributed by atoms with Gasteiger partial charge in [0.05, 0.1) is 43.7 Å². The minimum atomic E-state index is -0.862. The Balaban J connectivity index is 1.38. The van der Waals surface area contributed by atoms with Gasteiger partial charge in [0.1, 0.15) is 17.4 Å². The SMILES string of the molecule is CCOc1ccccc1C(=O)CCN1CCOC(c2ccc(F)c(C(=O)CCN3CCOCC3)c2F)C1. The predicted octanol–water partition coefficient (Wildman–Crippen LogP) is 3.91. The molecule has 1 atom stereocenters. The molecule has 1 unspecified atom stereocenters. The van der Waals surface area contributed by atoms with Gasteiger partial charge >= 0.3 is 0 Å². The highest BCUT2D eigenvalue weighted by atomic mass is 19.1. The summed E-state index contributed by atoms with van der Waals surface area (Å²) in [7, 11) is 0. The van der Waals surface area contributed by atoms with Crippen LogP contribution in [0.25, 0.3) is 0 Å². The van der Waals surface area contributed by atoms with Gasteiger partial charge in [-0.15, -0.1) is 0 Å². The minimum Gasteiger partial charge on any atom is -0.493 e. The zero-order chi connectivity index (χ0) is 26.2. The molecule has 0 radical (unpaired) electrons. The number of ether oxygens (including phenoxy) is 3. The highest BCUT2D eigenvalue weighted by molar-refractivity contribution is 5.98. The van der Waals surface area contributed by atoms with Crippen molar-refractivity contribution in [2.24, 2.45) is 0 Å². The molecule has 7 nitrogen and oxygen atoms in total. The molecule has 0 spiro atoms. The summed E-state index contributed by atoms with van der Waals surface area (Å²) in [4.78, 5) is 29.7. The van der Waals surface area contributed by atoms with Gasteiger partial charge in [-0.05, 0) is 25.1 Å². The van der Waals surface area contributed by atoms with Gasteiger partial charge in [-0.2, -0.15) is 0 Å². The van der Waals surface area contributed by atoms with Gasteiger partial charge in [-0.1, -0.05) is 18.2 Å². The van der Waals surface area contributed by atoms with Crippen LogP contribution in [0.3, 0.4) is 0 Å². The van der Waals surface area contributed by atoms with E-state index in [1.54, 1.807) is 18.2 Å². The van der Waals surface area contributed by atoms with E-state index < -0.39 is 29.1 Å². The fourth-order valence-electron chi connectivity index (χ4n) is 4.75. The summed E-state index contributed by atoms with van der Waals surface area (Å²) in [6.07, 6.45) is -0.361. The van der Waals surface area contributed by atoms with Gasteiger partial charge < -0.3 is 14.2 Å². The van der Waals surface area contributed by atoms with Gasteiger partial charge in [0.15, 0.2) is 11.6 Å². The van der Waals surface area contributed by atoms with E-state index >= 15 is 4.39 Å². The maximum absolute atomic E-state index is 15.5. The molecular weight excluding hydrogens is 482 g/mol. The molecule has 2 saturated heterocycles. The molecular formula is C28H34F2N2O5. The number of hydrogen-bond donors (Lipinski definition) is 0. The number of para-hydroxylation sites is 1.